The van der Waals surface area contributed by atoms with Gasteiger partial charge in [-0.2, -0.15) is 0 Å². The molecule has 0 saturated carbocycles. The molecule has 2 nitrogen and oxygen atoms in total. The quantitative estimate of drug-likeness (QED) is 0.497. The molecule has 0 heterocycles. The molecule has 9 heavy (non-hydrogen) atoms. The number of aliphatic hydroxyl groups excluding tert-OH is 1. The largest absolute Gasteiger partial charge is 0.516 e. The molecule has 3 N–H and O–H groups in total. The summed E-state index contributed by atoms with van der Waals surface area (Å²) in [6.45, 7) is 10.8. The fourth-order valence-corrected chi connectivity index (χ4v) is 0. The summed E-state index contributed by atoms with van der Waals surface area (Å²) in [5.41, 5.74) is 5.11. The minimum atomic E-state index is 0.333. The molecule has 0 atom stereocenters. The average Bonchev–Trinajstić information content (AvgIpc) is 1.71. The lowest BCUT2D eigenvalue weighted by Gasteiger charge is -1.81. The first-order valence-corrected chi connectivity index (χ1v) is 3.15. The van der Waals surface area contributed by atoms with Gasteiger partial charge < -0.3 is 10.8 Å². The number of hydrogen-bond donors (Lipinski definition) is 2. The smallest absolute Gasteiger partial charge is 0.0719 e. The molecule has 0 saturated heterocycles. The fourth-order valence-electron chi connectivity index (χ4n) is 0. The van der Waals surface area contributed by atoms with Crippen molar-refractivity contribution in [2.75, 3.05) is 0 Å². The van der Waals surface area contributed by atoms with Crippen molar-refractivity contribution in [1.82, 2.24) is 0 Å². The zero-order valence-electron chi connectivity index (χ0n) is 6.89. The molecule has 2 heteroatoms. The first-order valence-electron chi connectivity index (χ1n) is 3.15. The molecule has 0 rings (SSSR count). The summed E-state index contributed by atoms with van der Waals surface area (Å²) in [5.74, 6) is 0. The third-order valence-electron chi connectivity index (χ3n) is 0. The van der Waals surface area contributed by atoms with E-state index in [-0.39, 0.29) is 0 Å². The Balaban J connectivity index is -0.0000000646. The Kier molecular flexibility index (Phi) is 45.4. The van der Waals surface area contributed by atoms with E-state index in [1.54, 1.807) is 0 Å². The van der Waals surface area contributed by atoms with Gasteiger partial charge in [0.15, 0.2) is 0 Å². The van der Waals surface area contributed by atoms with Crippen LogP contribution < -0.4 is 5.73 Å². The van der Waals surface area contributed by atoms with E-state index < -0.39 is 0 Å². The van der Waals surface area contributed by atoms with Gasteiger partial charge in [0, 0.05) is 0 Å². The van der Waals surface area contributed by atoms with E-state index in [0.717, 1.165) is 6.26 Å². The molecule has 58 valence electrons. The molecule has 0 amide bonds. The maximum atomic E-state index is 7.33. The van der Waals surface area contributed by atoms with Crippen LogP contribution in [0, 0.1) is 0 Å². The van der Waals surface area contributed by atoms with Gasteiger partial charge in [-0.1, -0.05) is 34.3 Å². The number of aliphatic hydroxyl groups is 1. The Labute approximate surface area is 58.4 Å². The van der Waals surface area contributed by atoms with Crippen molar-refractivity contribution >= 4 is 0 Å². The van der Waals surface area contributed by atoms with E-state index in [1.165, 1.54) is 0 Å². The van der Waals surface area contributed by atoms with Crippen LogP contribution in [-0.2, 0) is 0 Å². The summed E-state index contributed by atoms with van der Waals surface area (Å²) in [6.07, 6.45) is 0.750. The molecule has 0 aliphatic rings. The van der Waals surface area contributed by atoms with E-state index in [2.05, 4.69) is 6.58 Å². The molecule has 0 spiro atoms. The summed E-state index contributed by atoms with van der Waals surface area (Å²) in [5, 5.41) is 7.33. The predicted octanol–water partition coefficient (Wildman–Crippen LogP) is 2.07. The van der Waals surface area contributed by atoms with Crippen molar-refractivity contribution in [2.45, 2.75) is 33.7 Å². The Morgan fingerprint density at radius 3 is 1.44 bits per heavy atom. The van der Waals surface area contributed by atoms with Crippen LogP contribution in [0.25, 0.3) is 0 Å². The van der Waals surface area contributed by atoms with Crippen LogP contribution in [0.5, 0.6) is 0 Å². The minimum absolute atomic E-state index is 0.333. The van der Waals surface area contributed by atoms with E-state index in [4.69, 9.17) is 10.8 Å². The van der Waals surface area contributed by atoms with Crippen molar-refractivity contribution < 1.29 is 5.11 Å². The Hall–Kier alpha value is -0.500. The molecule has 0 aromatic rings. The fraction of sp³-hybridized carbons (Fsp3) is 0.714. The summed E-state index contributed by atoms with van der Waals surface area (Å²) < 4.78 is 0. The first kappa shape index (κ1) is 15.8. The van der Waals surface area contributed by atoms with Gasteiger partial charge in [0.05, 0.1) is 6.26 Å². The van der Waals surface area contributed by atoms with Crippen molar-refractivity contribution in [3.63, 3.8) is 0 Å². The number of nitrogens with two attached hydrogens (primary N) is 1. The zero-order valence-corrected chi connectivity index (χ0v) is 6.89. The standard InChI is InChI=1S/C3H9N.C2H4O.C2H6/c1-3(2)4;1-2-3;1-2/h3H,4H2,1-2H3;2-3H,1H2;1-2H3. The highest BCUT2D eigenvalue weighted by Crippen LogP contribution is 1.58. The van der Waals surface area contributed by atoms with Gasteiger partial charge in [-0.15, -0.1) is 0 Å². The van der Waals surface area contributed by atoms with Crippen LogP contribution in [0.15, 0.2) is 12.8 Å². The zero-order chi connectivity index (χ0) is 8.28. The normalized spacial score (nSPS) is 6.00. The van der Waals surface area contributed by atoms with Gasteiger partial charge in [-0.05, 0) is 6.04 Å². The molecule has 0 fully saturated rings. The average molecular weight is 133 g/mol. The molecular weight excluding hydrogens is 114 g/mol. The maximum Gasteiger partial charge on any atom is 0.0719 e. The lowest BCUT2D eigenvalue weighted by molar-refractivity contribution is 0.476. The minimum Gasteiger partial charge on any atom is -0.516 e. The molecule has 0 radical (unpaired) electrons. The SMILES string of the molecule is C=CO.CC.CC(C)N. The van der Waals surface area contributed by atoms with Gasteiger partial charge in [0.25, 0.3) is 0 Å². The Bertz CT molecular complexity index is 33.1. The van der Waals surface area contributed by atoms with Crippen LogP contribution in [0.2, 0.25) is 0 Å². The third kappa shape index (κ3) is 908. The van der Waals surface area contributed by atoms with Gasteiger partial charge >= 0.3 is 0 Å². The third-order valence-corrected chi connectivity index (χ3v) is 0. The van der Waals surface area contributed by atoms with Crippen LogP contribution in [-0.4, -0.2) is 11.1 Å². The van der Waals surface area contributed by atoms with Crippen LogP contribution >= 0.6 is 0 Å². The van der Waals surface area contributed by atoms with Crippen molar-refractivity contribution in [3.8, 4) is 0 Å². The van der Waals surface area contributed by atoms with Crippen molar-refractivity contribution in [3.05, 3.63) is 12.8 Å². The first-order chi connectivity index (χ1) is 4.15. The maximum absolute atomic E-state index is 7.33. The second-order valence-electron chi connectivity index (χ2n) is 1.43. The number of rotatable bonds is 0. The monoisotopic (exact) mass is 133 g/mol. The summed E-state index contributed by atoms with van der Waals surface area (Å²) in [7, 11) is 0. The van der Waals surface area contributed by atoms with Crippen LogP contribution in [0.1, 0.15) is 27.7 Å². The summed E-state index contributed by atoms with van der Waals surface area (Å²) >= 11 is 0. The lowest BCUT2D eigenvalue weighted by Crippen LogP contribution is -2.06. The molecule has 0 aromatic carbocycles. The second kappa shape index (κ2) is 25.9. The van der Waals surface area contributed by atoms with Crippen LogP contribution in [0.4, 0.5) is 0 Å². The van der Waals surface area contributed by atoms with Gasteiger partial charge in [0.2, 0.25) is 0 Å². The van der Waals surface area contributed by atoms with Gasteiger partial charge in [0.1, 0.15) is 0 Å². The van der Waals surface area contributed by atoms with Crippen molar-refractivity contribution in [1.29, 1.82) is 0 Å². The van der Waals surface area contributed by atoms with Crippen molar-refractivity contribution in [2.24, 2.45) is 5.73 Å². The predicted molar refractivity (Wildman–Crippen MR) is 43.5 cm³/mol. The van der Waals surface area contributed by atoms with E-state index >= 15 is 0 Å². The highest BCUT2D eigenvalue weighted by molar-refractivity contribution is 4.38. The summed E-state index contributed by atoms with van der Waals surface area (Å²) in [6, 6.07) is 0.333. The lowest BCUT2D eigenvalue weighted by atomic mass is 10.5. The molecule has 0 bridgehead atoms. The van der Waals surface area contributed by atoms with E-state index in [9.17, 15) is 0 Å². The van der Waals surface area contributed by atoms with E-state index in [1.807, 2.05) is 27.7 Å². The highest BCUT2D eigenvalue weighted by Gasteiger charge is 1.67. The second-order valence-corrected chi connectivity index (χ2v) is 1.43. The molecule has 0 aliphatic carbocycles. The Morgan fingerprint density at radius 2 is 1.44 bits per heavy atom. The molecule has 0 unspecified atom stereocenters. The topological polar surface area (TPSA) is 46.2 Å². The van der Waals surface area contributed by atoms with E-state index in [0.29, 0.717) is 6.04 Å². The highest BCUT2D eigenvalue weighted by atomic mass is 16.2. The van der Waals surface area contributed by atoms with Gasteiger partial charge in [-0.25, -0.2) is 0 Å². The Morgan fingerprint density at radius 1 is 1.44 bits per heavy atom. The van der Waals surface area contributed by atoms with Crippen LogP contribution in [0.3, 0.4) is 0 Å². The van der Waals surface area contributed by atoms with Gasteiger partial charge in [-0.3, -0.25) is 0 Å². The number of hydrogen-bond acceptors (Lipinski definition) is 2. The molecule has 0 aromatic heterocycles. The molecule has 0 aliphatic heterocycles. The summed E-state index contributed by atoms with van der Waals surface area (Å²) in [4.78, 5) is 0. The molecular formula is C7H19NO.